The van der Waals surface area contributed by atoms with Crippen LogP contribution >= 0.6 is 11.6 Å². The van der Waals surface area contributed by atoms with E-state index in [9.17, 15) is 0 Å². The van der Waals surface area contributed by atoms with Gasteiger partial charge in [-0.2, -0.15) is 15.0 Å². The Kier molecular flexibility index (Phi) is 4.51. The Morgan fingerprint density at radius 2 is 2.05 bits per heavy atom. The molecule has 0 aliphatic heterocycles. The number of halogens is 1. The van der Waals surface area contributed by atoms with Gasteiger partial charge in [-0.15, -0.1) is 0 Å². The van der Waals surface area contributed by atoms with Crippen molar-refractivity contribution < 1.29 is 0 Å². The van der Waals surface area contributed by atoms with E-state index >= 15 is 0 Å². The summed E-state index contributed by atoms with van der Waals surface area (Å²) in [7, 11) is 0. The predicted molar refractivity (Wildman–Crippen MR) is 74.3 cm³/mol. The predicted octanol–water partition coefficient (Wildman–Crippen LogP) is 1.71. The molecular weight excluding hydrogens is 266 g/mol. The van der Waals surface area contributed by atoms with E-state index in [4.69, 9.17) is 11.6 Å². The van der Waals surface area contributed by atoms with Crippen LogP contribution in [0.5, 0.6) is 0 Å². The minimum Gasteiger partial charge on any atom is -0.347 e. The zero-order chi connectivity index (χ0) is 13.7. The first-order chi connectivity index (χ1) is 9.22. The van der Waals surface area contributed by atoms with Crippen LogP contribution in [0.3, 0.4) is 0 Å². The lowest BCUT2D eigenvalue weighted by molar-refractivity contribution is 0.810. The molecule has 0 spiro atoms. The van der Waals surface area contributed by atoms with Crippen LogP contribution in [0.2, 0.25) is 5.28 Å². The van der Waals surface area contributed by atoms with Crippen LogP contribution < -0.4 is 10.2 Å². The SMILES string of the molecule is CCN(CC)c1nc(Cl)nc(NCc2ncc[nH]2)n1. The summed E-state index contributed by atoms with van der Waals surface area (Å²) in [5.41, 5.74) is 0. The van der Waals surface area contributed by atoms with Gasteiger partial charge in [0.05, 0.1) is 6.54 Å². The summed E-state index contributed by atoms with van der Waals surface area (Å²) in [6, 6.07) is 0. The summed E-state index contributed by atoms with van der Waals surface area (Å²) >= 11 is 5.92. The maximum absolute atomic E-state index is 5.92. The lowest BCUT2D eigenvalue weighted by Crippen LogP contribution is -2.25. The first-order valence-corrected chi connectivity index (χ1v) is 6.49. The fourth-order valence-corrected chi connectivity index (χ4v) is 1.78. The van der Waals surface area contributed by atoms with Crippen molar-refractivity contribution in [1.82, 2.24) is 24.9 Å². The average Bonchev–Trinajstić information content (AvgIpc) is 2.90. The van der Waals surface area contributed by atoms with Crippen LogP contribution in [-0.4, -0.2) is 38.0 Å². The highest BCUT2D eigenvalue weighted by Gasteiger charge is 2.10. The summed E-state index contributed by atoms with van der Waals surface area (Å²) in [6.45, 7) is 6.21. The second-order valence-electron chi connectivity index (χ2n) is 3.79. The molecule has 0 bridgehead atoms. The zero-order valence-electron chi connectivity index (χ0n) is 10.9. The molecule has 0 saturated carbocycles. The second-order valence-corrected chi connectivity index (χ2v) is 4.13. The van der Waals surface area contributed by atoms with E-state index in [2.05, 4.69) is 30.2 Å². The molecule has 2 N–H and O–H groups in total. The van der Waals surface area contributed by atoms with Crippen LogP contribution in [0, 0.1) is 0 Å². The summed E-state index contributed by atoms with van der Waals surface area (Å²) in [4.78, 5) is 21.6. The Labute approximate surface area is 116 Å². The fraction of sp³-hybridized carbons (Fsp3) is 0.455. The van der Waals surface area contributed by atoms with Gasteiger partial charge in [0.15, 0.2) is 0 Å². The maximum Gasteiger partial charge on any atom is 0.231 e. The number of H-pyrrole nitrogens is 1. The van der Waals surface area contributed by atoms with E-state index in [1.807, 2.05) is 18.7 Å². The first kappa shape index (κ1) is 13.5. The van der Waals surface area contributed by atoms with Gasteiger partial charge in [0.1, 0.15) is 5.82 Å². The number of hydrogen-bond donors (Lipinski definition) is 2. The van der Waals surface area contributed by atoms with Gasteiger partial charge in [0.2, 0.25) is 17.2 Å². The summed E-state index contributed by atoms with van der Waals surface area (Å²) < 4.78 is 0. The molecule has 8 heteroatoms. The second kappa shape index (κ2) is 6.33. The van der Waals surface area contributed by atoms with Crippen molar-refractivity contribution in [3.8, 4) is 0 Å². The molecule has 2 aromatic rings. The third-order valence-corrected chi connectivity index (χ3v) is 2.78. The highest BCUT2D eigenvalue weighted by molar-refractivity contribution is 6.28. The first-order valence-electron chi connectivity index (χ1n) is 6.11. The van der Waals surface area contributed by atoms with Crippen molar-refractivity contribution >= 4 is 23.5 Å². The summed E-state index contributed by atoms with van der Waals surface area (Å²) in [5.74, 6) is 1.83. The highest BCUT2D eigenvalue weighted by atomic mass is 35.5. The molecule has 0 amide bonds. The van der Waals surface area contributed by atoms with Crippen molar-refractivity contribution in [3.05, 3.63) is 23.5 Å². The molecule has 0 aliphatic rings. The molecule has 0 atom stereocenters. The molecule has 2 aromatic heterocycles. The number of aromatic amines is 1. The van der Waals surface area contributed by atoms with Crippen LogP contribution in [0.1, 0.15) is 19.7 Å². The van der Waals surface area contributed by atoms with Crippen LogP contribution in [0.25, 0.3) is 0 Å². The Bertz CT molecular complexity index is 510. The molecule has 19 heavy (non-hydrogen) atoms. The molecule has 0 saturated heterocycles. The summed E-state index contributed by atoms with van der Waals surface area (Å²) in [5, 5.41) is 3.24. The minimum absolute atomic E-state index is 0.179. The topological polar surface area (TPSA) is 82.6 Å². The number of hydrogen-bond acceptors (Lipinski definition) is 6. The van der Waals surface area contributed by atoms with Crippen molar-refractivity contribution in [2.45, 2.75) is 20.4 Å². The van der Waals surface area contributed by atoms with Crippen molar-refractivity contribution in [2.75, 3.05) is 23.3 Å². The number of aromatic nitrogens is 5. The van der Waals surface area contributed by atoms with Gasteiger partial charge < -0.3 is 15.2 Å². The van der Waals surface area contributed by atoms with E-state index in [1.54, 1.807) is 12.4 Å². The van der Waals surface area contributed by atoms with E-state index in [0.29, 0.717) is 18.4 Å². The van der Waals surface area contributed by atoms with Gasteiger partial charge in [0.25, 0.3) is 0 Å². The quantitative estimate of drug-likeness (QED) is 0.839. The smallest absolute Gasteiger partial charge is 0.231 e. The molecule has 2 rings (SSSR count). The Morgan fingerprint density at radius 1 is 1.26 bits per heavy atom. The van der Waals surface area contributed by atoms with Gasteiger partial charge in [-0.1, -0.05) is 0 Å². The molecular formula is C11H16ClN7. The minimum atomic E-state index is 0.179. The highest BCUT2D eigenvalue weighted by Crippen LogP contribution is 2.13. The van der Waals surface area contributed by atoms with Gasteiger partial charge in [-0.05, 0) is 25.4 Å². The summed E-state index contributed by atoms with van der Waals surface area (Å²) in [6.07, 6.45) is 3.46. The lowest BCUT2D eigenvalue weighted by Gasteiger charge is -2.18. The average molecular weight is 282 g/mol. The van der Waals surface area contributed by atoms with Crippen molar-refractivity contribution in [1.29, 1.82) is 0 Å². The monoisotopic (exact) mass is 281 g/mol. The molecule has 102 valence electrons. The molecule has 2 heterocycles. The Morgan fingerprint density at radius 3 is 2.68 bits per heavy atom. The van der Waals surface area contributed by atoms with Crippen LogP contribution in [-0.2, 0) is 6.54 Å². The molecule has 0 radical (unpaired) electrons. The molecule has 0 fully saturated rings. The Balaban J connectivity index is 2.12. The Hall–Kier alpha value is -1.89. The third-order valence-electron chi connectivity index (χ3n) is 2.61. The number of nitrogens with zero attached hydrogens (tertiary/aromatic N) is 5. The van der Waals surface area contributed by atoms with Gasteiger partial charge in [-0.3, -0.25) is 0 Å². The fourth-order valence-electron chi connectivity index (χ4n) is 1.62. The number of nitrogens with one attached hydrogen (secondary N) is 2. The van der Waals surface area contributed by atoms with E-state index < -0.39 is 0 Å². The van der Waals surface area contributed by atoms with Crippen LogP contribution in [0.4, 0.5) is 11.9 Å². The van der Waals surface area contributed by atoms with E-state index in [-0.39, 0.29) is 5.28 Å². The standard InChI is InChI=1S/C11H16ClN7/c1-3-19(4-2)11-17-9(12)16-10(18-11)15-7-8-13-5-6-14-8/h5-6H,3-4,7H2,1-2H3,(H,13,14)(H,15,16,17,18). The number of imidazole rings is 1. The van der Waals surface area contributed by atoms with Crippen molar-refractivity contribution in [2.24, 2.45) is 0 Å². The van der Waals surface area contributed by atoms with Crippen LogP contribution in [0.15, 0.2) is 12.4 Å². The van der Waals surface area contributed by atoms with Gasteiger partial charge >= 0.3 is 0 Å². The molecule has 0 aliphatic carbocycles. The third kappa shape index (κ3) is 3.54. The molecule has 0 aromatic carbocycles. The number of anilines is 2. The van der Waals surface area contributed by atoms with E-state index in [0.717, 1.165) is 18.9 Å². The van der Waals surface area contributed by atoms with E-state index in [1.165, 1.54) is 0 Å². The largest absolute Gasteiger partial charge is 0.347 e. The lowest BCUT2D eigenvalue weighted by atomic mass is 10.5. The zero-order valence-corrected chi connectivity index (χ0v) is 11.6. The molecule has 7 nitrogen and oxygen atoms in total. The van der Waals surface area contributed by atoms with Gasteiger partial charge in [0, 0.05) is 25.5 Å². The number of rotatable bonds is 6. The van der Waals surface area contributed by atoms with Crippen molar-refractivity contribution in [3.63, 3.8) is 0 Å². The normalized spacial score (nSPS) is 10.5. The molecule has 0 unspecified atom stereocenters. The van der Waals surface area contributed by atoms with Gasteiger partial charge in [-0.25, -0.2) is 4.98 Å². The maximum atomic E-state index is 5.92.